The van der Waals surface area contributed by atoms with Gasteiger partial charge in [-0.3, -0.25) is 4.55 Å². The van der Waals surface area contributed by atoms with Crippen LogP contribution in [0.5, 0.6) is 0 Å². The van der Waals surface area contributed by atoms with E-state index >= 15 is 0 Å². The second kappa shape index (κ2) is 23.8. The smallest absolute Gasteiger partial charge is 0.264 e. The third-order valence-corrected chi connectivity index (χ3v) is 6.68. The summed E-state index contributed by atoms with van der Waals surface area (Å²) >= 11 is 0. The van der Waals surface area contributed by atoms with E-state index in [4.69, 9.17) is 4.55 Å². The van der Waals surface area contributed by atoms with E-state index in [0.29, 0.717) is 0 Å². The van der Waals surface area contributed by atoms with Crippen LogP contribution >= 0.6 is 0 Å². The zero-order valence-corrected chi connectivity index (χ0v) is 22.2. The van der Waals surface area contributed by atoms with Crippen molar-refractivity contribution in [3.63, 3.8) is 0 Å². The lowest BCUT2D eigenvalue weighted by atomic mass is 9.99. The molecule has 4 nitrogen and oxygen atoms in total. The van der Waals surface area contributed by atoms with Gasteiger partial charge in [-0.15, -0.1) is 0 Å². The van der Waals surface area contributed by atoms with E-state index in [1.165, 1.54) is 116 Å². The Morgan fingerprint density at radius 2 is 1.06 bits per heavy atom. The predicted molar refractivity (Wildman–Crippen MR) is 138 cm³/mol. The average Bonchev–Trinajstić information content (AvgIpc) is 2.75. The van der Waals surface area contributed by atoms with Crippen molar-refractivity contribution >= 4 is 10.4 Å². The monoisotopic (exact) mass is 474 g/mol. The fraction of sp³-hybridized carbons (Fsp3) is 0.926. The SMILES string of the molecule is CCCCCCCCCCCC/C=C/C(CCCCCCCCCCC)COS(=O)(=O)O. The van der Waals surface area contributed by atoms with Crippen LogP contribution in [0.1, 0.15) is 149 Å². The van der Waals surface area contributed by atoms with Gasteiger partial charge in [-0.25, -0.2) is 4.18 Å². The molecule has 32 heavy (non-hydrogen) atoms. The summed E-state index contributed by atoms with van der Waals surface area (Å²) in [5, 5.41) is 0. The highest BCUT2D eigenvalue weighted by Gasteiger charge is 2.11. The lowest BCUT2D eigenvalue weighted by molar-refractivity contribution is 0.234. The van der Waals surface area contributed by atoms with Crippen LogP contribution in [-0.2, 0) is 14.6 Å². The fourth-order valence-corrected chi connectivity index (χ4v) is 4.51. The van der Waals surface area contributed by atoms with Gasteiger partial charge in [-0.1, -0.05) is 142 Å². The maximum Gasteiger partial charge on any atom is 0.397 e. The molecule has 192 valence electrons. The molecule has 0 aromatic rings. The van der Waals surface area contributed by atoms with E-state index < -0.39 is 10.4 Å². The first-order valence-electron chi connectivity index (χ1n) is 13.8. The Balaban J connectivity index is 3.87. The zero-order chi connectivity index (χ0) is 23.8. The van der Waals surface area contributed by atoms with Gasteiger partial charge >= 0.3 is 10.4 Å². The molecular formula is C27H54O4S. The molecule has 0 amide bonds. The lowest BCUT2D eigenvalue weighted by Gasteiger charge is -2.12. The molecule has 0 heterocycles. The summed E-state index contributed by atoms with van der Waals surface area (Å²) in [5.41, 5.74) is 0. The second-order valence-corrected chi connectivity index (χ2v) is 10.6. The largest absolute Gasteiger partial charge is 0.397 e. The standard InChI is InChI=1S/C27H54O4S/c1-3-5-7-9-11-13-14-15-17-19-21-23-25-27(26-31-32(28,29)30)24-22-20-18-16-12-10-8-6-4-2/h23,25,27H,3-22,24,26H2,1-2H3,(H,28,29,30)/b25-23+. The van der Waals surface area contributed by atoms with Gasteiger partial charge in [0.05, 0.1) is 6.61 Å². The minimum atomic E-state index is -4.36. The number of unbranched alkanes of at least 4 members (excludes halogenated alkanes) is 18. The van der Waals surface area contributed by atoms with Gasteiger partial charge in [0.1, 0.15) is 0 Å². The number of hydrogen-bond acceptors (Lipinski definition) is 3. The summed E-state index contributed by atoms with van der Waals surface area (Å²) in [5.74, 6) is 0.0598. The van der Waals surface area contributed by atoms with Crippen LogP contribution in [0, 0.1) is 5.92 Å². The van der Waals surface area contributed by atoms with Crippen LogP contribution < -0.4 is 0 Å². The van der Waals surface area contributed by atoms with E-state index in [1.54, 1.807) is 0 Å². The Kier molecular flexibility index (Phi) is 23.5. The van der Waals surface area contributed by atoms with Crippen molar-refractivity contribution in [1.29, 1.82) is 0 Å². The van der Waals surface area contributed by atoms with Crippen molar-refractivity contribution in [2.45, 2.75) is 149 Å². The summed E-state index contributed by atoms with van der Waals surface area (Å²) in [6.07, 6.45) is 31.1. The van der Waals surface area contributed by atoms with Gasteiger partial charge in [0.25, 0.3) is 0 Å². The van der Waals surface area contributed by atoms with Gasteiger partial charge in [0.2, 0.25) is 0 Å². The third-order valence-electron chi connectivity index (χ3n) is 6.24. The Labute approximate surface area is 200 Å². The Bertz CT molecular complexity index is 502. The maximum atomic E-state index is 10.9. The third kappa shape index (κ3) is 25.9. The lowest BCUT2D eigenvalue weighted by Crippen LogP contribution is -2.12. The minimum absolute atomic E-state index is 0.0460. The first kappa shape index (κ1) is 31.6. The van der Waals surface area contributed by atoms with Crippen LogP contribution in [0.25, 0.3) is 0 Å². The molecule has 0 fully saturated rings. The van der Waals surface area contributed by atoms with Crippen molar-refractivity contribution in [3.8, 4) is 0 Å². The van der Waals surface area contributed by atoms with Crippen LogP contribution in [0.15, 0.2) is 12.2 Å². The molecule has 1 atom stereocenters. The van der Waals surface area contributed by atoms with Crippen molar-refractivity contribution in [3.05, 3.63) is 12.2 Å². The molecule has 1 N–H and O–H groups in total. The van der Waals surface area contributed by atoms with Crippen molar-refractivity contribution in [2.75, 3.05) is 6.61 Å². The quantitative estimate of drug-likeness (QED) is 0.0813. The summed E-state index contributed by atoms with van der Waals surface area (Å²) in [6.45, 7) is 4.55. The summed E-state index contributed by atoms with van der Waals surface area (Å²) in [6, 6.07) is 0. The highest BCUT2D eigenvalue weighted by molar-refractivity contribution is 7.80. The van der Waals surface area contributed by atoms with Crippen LogP contribution in [0.3, 0.4) is 0 Å². The van der Waals surface area contributed by atoms with Crippen molar-refractivity contribution in [2.24, 2.45) is 5.92 Å². The maximum absolute atomic E-state index is 10.9. The summed E-state index contributed by atoms with van der Waals surface area (Å²) < 4.78 is 35.4. The molecule has 1 unspecified atom stereocenters. The molecule has 5 heteroatoms. The van der Waals surface area contributed by atoms with Crippen molar-refractivity contribution < 1.29 is 17.2 Å². The summed E-state index contributed by atoms with van der Waals surface area (Å²) in [7, 11) is -4.36. The topological polar surface area (TPSA) is 63.6 Å². The van der Waals surface area contributed by atoms with E-state index in [1.807, 2.05) is 0 Å². The zero-order valence-electron chi connectivity index (χ0n) is 21.4. The number of hydrogen-bond donors (Lipinski definition) is 1. The van der Waals surface area contributed by atoms with Gasteiger partial charge < -0.3 is 0 Å². The Morgan fingerprint density at radius 3 is 1.50 bits per heavy atom. The number of allylic oxidation sites excluding steroid dienone is 1. The van der Waals surface area contributed by atoms with Crippen molar-refractivity contribution in [1.82, 2.24) is 0 Å². The molecule has 0 aliphatic heterocycles. The highest BCUT2D eigenvalue weighted by atomic mass is 32.3. The molecule has 0 aromatic heterocycles. The van der Waals surface area contributed by atoms with Crippen LogP contribution in [0.2, 0.25) is 0 Å². The molecule has 0 aliphatic rings. The molecular weight excluding hydrogens is 420 g/mol. The molecule has 0 saturated heterocycles. The van der Waals surface area contributed by atoms with Gasteiger partial charge in [-0.2, -0.15) is 8.42 Å². The molecule has 0 aromatic carbocycles. The Hall–Kier alpha value is -0.390. The normalized spacial score (nSPS) is 13.2. The fourth-order valence-electron chi connectivity index (χ4n) is 4.16. The molecule has 0 aliphatic carbocycles. The predicted octanol–water partition coefficient (Wildman–Crippen LogP) is 9.21. The van der Waals surface area contributed by atoms with E-state index in [-0.39, 0.29) is 12.5 Å². The molecule has 0 spiro atoms. The first-order chi connectivity index (χ1) is 15.5. The molecule has 0 saturated carbocycles. The van der Waals surface area contributed by atoms with Crippen LogP contribution in [0.4, 0.5) is 0 Å². The molecule has 0 radical (unpaired) electrons. The highest BCUT2D eigenvalue weighted by Crippen LogP contribution is 2.17. The van der Waals surface area contributed by atoms with E-state index in [9.17, 15) is 8.42 Å². The first-order valence-corrected chi connectivity index (χ1v) is 15.1. The second-order valence-electron chi connectivity index (χ2n) is 9.49. The van der Waals surface area contributed by atoms with E-state index in [0.717, 1.165) is 19.3 Å². The van der Waals surface area contributed by atoms with Gasteiger partial charge in [0, 0.05) is 5.92 Å². The van der Waals surface area contributed by atoms with Gasteiger partial charge in [-0.05, 0) is 19.3 Å². The van der Waals surface area contributed by atoms with E-state index in [2.05, 4.69) is 30.2 Å². The molecule has 0 bridgehead atoms. The average molecular weight is 475 g/mol. The van der Waals surface area contributed by atoms with Gasteiger partial charge in [0.15, 0.2) is 0 Å². The summed E-state index contributed by atoms with van der Waals surface area (Å²) in [4.78, 5) is 0. The number of rotatable bonds is 25. The Morgan fingerprint density at radius 1 is 0.656 bits per heavy atom. The molecule has 0 rings (SSSR count). The van der Waals surface area contributed by atoms with Crippen LogP contribution in [-0.4, -0.2) is 19.6 Å². The minimum Gasteiger partial charge on any atom is -0.264 e.